The van der Waals surface area contributed by atoms with Crippen LogP contribution in [0.2, 0.25) is 0 Å². The van der Waals surface area contributed by atoms with Gasteiger partial charge < -0.3 is 10.1 Å². The Bertz CT molecular complexity index is 1390. The normalized spacial score (nSPS) is 11.9. The summed E-state index contributed by atoms with van der Waals surface area (Å²) in [4.78, 5) is 28.8. The van der Waals surface area contributed by atoms with Crippen LogP contribution in [0.25, 0.3) is 11.0 Å². The summed E-state index contributed by atoms with van der Waals surface area (Å²) in [6.07, 6.45) is 0.759. The first-order valence-electron chi connectivity index (χ1n) is 12.2. The van der Waals surface area contributed by atoms with Crippen LogP contribution in [0.4, 0.5) is 10.1 Å². The van der Waals surface area contributed by atoms with Crippen LogP contribution >= 0.6 is 0 Å². The van der Waals surface area contributed by atoms with Crippen LogP contribution in [0.1, 0.15) is 31.9 Å². The molecule has 0 radical (unpaired) electrons. The smallest absolute Gasteiger partial charge is 0.249 e. The van der Waals surface area contributed by atoms with Crippen molar-refractivity contribution < 1.29 is 18.7 Å². The number of fused-ring (bicyclic) bond motifs is 1. The Hall–Kier alpha value is -4.27. The van der Waals surface area contributed by atoms with Crippen LogP contribution in [0.5, 0.6) is 5.75 Å². The zero-order chi connectivity index (χ0) is 26.4. The van der Waals surface area contributed by atoms with E-state index in [9.17, 15) is 9.59 Å². The topological polar surface area (TPSA) is 89.4 Å². The highest BCUT2D eigenvalue weighted by atomic mass is 19.1. The zero-order valence-electron chi connectivity index (χ0n) is 21.1. The van der Waals surface area contributed by atoms with Crippen molar-refractivity contribution in [2.75, 3.05) is 18.6 Å². The van der Waals surface area contributed by atoms with E-state index in [1.807, 2.05) is 12.1 Å². The van der Waals surface area contributed by atoms with E-state index in [0.29, 0.717) is 34.8 Å². The number of methoxy groups -OCH3 is 1. The predicted molar refractivity (Wildman–Crippen MR) is 140 cm³/mol. The number of hydrogen-bond donors (Lipinski definition) is 1. The van der Waals surface area contributed by atoms with Gasteiger partial charge in [-0.3, -0.25) is 14.5 Å². The van der Waals surface area contributed by atoms with E-state index < -0.39 is 23.7 Å². The number of rotatable bonds is 10. The molecule has 192 valence electrons. The summed E-state index contributed by atoms with van der Waals surface area (Å²) in [6.45, 7) is 4.30. The van der Waals surface area contributed by atoms with Crippen molar-refractivity contribution in [1.29, 1.82) is 0 Å². The van der Waals surface area contributed by atoms with Gasteiger partial charge in [-0.15, -0.1) is 5.10 Å². The van der Waals surface area contributed by atoms with Gasteiger partial charge in [0.15, 0.2) is 0 Å². The van der Waals surface area contributed by atoms with Crippen molar-refractivity contribution in [3.05, 3.63) is 84.2 Å². The van der Waals surface area contributed by atoms with Gasteiger partial charge >= 0.3 is 0 Å². The number of amides is 2. The Balaban J connectivity index is 1.79. The number of para-hydroxylation sites is 2. The summed E-state index contributed by atoms with van der Waals surface area (Å²) in [5, 5.41) is 11.2. The summed E-state index contributed by atoms with van der Waals surface area (Å²) < 4.78 is 22.0. The van der Waals surface area contributed by atoms with E-state index in [0.717, 1.165) is 6.42 Å². The van der Waals surface area contributed by atoms with Crippen molar-refractivity contribution in [1.82, 2.24) is 20.3 Å². The highest BCUT2D eigenvalue weighted by molar-refractivity contribution is 6.01. The molecule has 0 bridgehead atoms. The number of benzene rings is 3. The lowest BCUT2D eigenvalue weighted by molar-refractivity contribution is -0.127. The molecule has 0 saturated carbocycles. The number of halogens is 1. The lowest BCUT2D eigenvalue weighted by Crippen LogP contribution is -2.46. The monoisotopic (exact) mass is 503 g/mol. The molecule has 1 atom stereocenters. The first-order chi connectivity index (χ1) is 17.9. The fourth-order valence-electron chi connectivity index (χ4n) is 4.11. The van der Waals surface area contributed by atoms with Gasteiger partial charge in [-0.1, -0.05) is 55.5 Å². The number of nitrogens with zero attached hydrogens (tertiary/aromatic N) is 4. The van der Waals surface area contributed by atoms with Gasteiger partial charge in [0.1, 0.15) is 29.7 Å². The fourth-order valence-corrected chi connectivity index (χ4v) is 4.11. The average molecular weight is 504 g/mol. The molecule has 0 spiro atoms. The molecule has 0 saturated heterocycles. The molecule has 0 fully saturated rings. The second-order valence-corrected chi connectivity index (χ2v) is 9.10. The molecule has 9 heteroatoms. The van der Waals surface area contributed by atoms with Crippen molar-refractivity contribution in [3.8, 4) is 5.75 Å². The van der Waals surface area contributed by atoms with Gasteiger partial charge in [-0.2, -0.15) is 0 Å². The maximum Gasteiger partial charge on any atom is 0.249 e. The van der Waals surface area contributed by atoms with Gasteiger partial charge in [-0.25, -0.2) is 9.07 Å². The number of hydrogen-bond acceptors (Lipinski definition) is 5. The van der Waals surface area contributed by atoms with E-state index in [4.69, 9.17) is 4.74 Å². The van der Waals surface area contributed by atoms with Gasteiger partial charge in [0.2, 0.25) is 11.8 Å². The van der Waals surface area contributed by atoms with E-state index in [2.05, 4.69) is 29.5 Å². The van der Waals surface area contributed by atoms with E-state index >= 15 is 4.39 Å². The second-order valence-electron chi connectivity index (χ2n) is 9.10. The molecule has 1 aromatic heterocycles. The molecule has 0 aliphatic carbocycles. The van der Waals surface area contributed by atoms with Crippen LogP contribution in [-0.2, 0) is 16.1 Å². The molecule has 8 nitrogen and oxygen atoms in total. The minimum Gasteiger partial charge on any atom is -0.497 e. The molecule has 3 aromatic carbocycles. The van der Waals surface area contributed by atoms with E-state index in [-0.39, 0.29) is 12.2 Å². The highest BCUT2D eigenvalue weighted by Crippen LogP contribution is 2.32. The molecule has 2 amide bonds. The van der Waals surface area contributed by atoms with Gasteiger partial charge in [-0.05, 0) is 54.3 Å². The maximum atomic E-state index is 15.2. The number of ether oxygens (including phenoxy) is 1. The molecular weight excluding hydrogens is 473 g/mol. The highest BCUT2D eigenvalue weighted by Gasteiger charge is 2.34. The Labute approximate surface area is 215 Å². The standard InChI is InChI=1S/C28H30FN5O3/c1-19(2)15-16-30-28(36)27(20-9-8-10-21(17-20)37-3)34(24-13-6-4-11-22(24)29)26(35)18-33-25-14-7-5-12-23(25)31-32-33/h4-14,17,19,27H,15-16,18H2,1-3H3,(H,30,36)/t27-/m1/s1. The third-order valence-electron chi connectivity index (χ3n) is 6.02. The summed E-state index contributed by atoms with van der Waals surface area (Å²) >= 11 is 0. The predicted octanol–water partition coefficient (Wildman–Crippen LogP) is 4.52. The Morgan fingerprint density at radius 3 is 2.57 bits per heavy atom. The van der Waals surface area contributed by atoms with E-state index in [1.54, 1.807) is 42.5 Å². The third kappa shape index (κ3) is 5.94. The average Bonchev–Trinajstić information content (AvgIpc) is 3.30. The van der Waals surface area contributed by atoms with Crippen LogP contribution < -0.4 is 15.0 Å². The summed E-state index contributed by atoms with van der Waals surface area (Å²) in [7, 11) is 1.52. The Kier molecular flexibility index (Phi) is 8.12. The van der Waals surface area contributed by atoms with Gasteiger partial charge in [0.25, 0.3) is 0 Å². The van der Waals surface area contributed by atoms with Crippen molar-refractivity contribution in [3.63, 3.8) is 0 Å². The second kappa shape index (κ2) is 11.6. The Morgan fingerprint density at radius 2 is 1.81 bits per heavy atom. The number of anilines is 1. The summed E-state index contributed by atoms with van der Waals surface area (Å²) in [5.74, 6) is -0.676. The van der Waals surface area contributed by atoms with Crippen molar-refractivity contribution in [2.45, 2.75) is 32.9 Å². The van der Waals surface area contributed by atoms with Crippen LogP contribution in [0.15, 0.2) is 72.8 Å². The number of carbonyl (C=O) groups excluding carboxylic acids is 2. The van der Waals surface area contributed by atoms with Gasteiger partial charge in [0, 0.05) is 6.54 Å². The maximum absolute atomic E-state index is 15.2. The van der Waals surface area contributed by atoms with Gasteiger partial charge in [0.05, 0.1) is 18.3 Å². The molecule has 4 rings (SSSR count). The molecular formula is C28H30FN5O3. The van der Waals surface area contributed by atoms with E-state index in [1.165, 1.54) is 34.9 Å². The summed E-state index contributed by atoms with van der Waals surface area (Å²) in [5.41, 5.74) is 1.76. The SMILES string of the molecule is COc1cccc([C@H](C(=O)NCCC(C)C)N(C(=O)Cn2nnc3ccccc32)c2ccccc2F)c1. The third-order valence-corrected chi connectivity index (χ3v) is 6.02. The Morgan fingerprint density at radius 1 is 1.05 bits per heavy atom. The lowest BCUT2D eigenvalue weighted by atomic mass is 10.0. The number of nitrogens with one attached hydrogen (secondary N) is 1. The van der Waals surface area contributed by atoms with Crippen molar-refractivity contribution >= 4 is 28.5 Å². The minimum absolute atomic E-state index is 0.0104. The largest absolute Gasteiger partial charge is 0.497 e. The minimum atomic E-state index is -1.15. The van der Waals surface area contributed by atoms with Crippen LogP contribution in [0.3, 0.4) is 0 Å². The number of aromatic nitrogens is 3. The first kappa shape index (κ1) is 25.8. The molecule has 0 aliphatic heterocycles. The molecule has 37 heavy (non-hydrogen) atoms. The molecule has 0 unspecified atom stereocenters. The first-order valence-corrected chi connectivity index (χ1v) is 12.2. The molecule has 1 heterocycles. The lowest BCUT2D eigenvalue weighted by Gasteiger charge is -2.32. The fraction of sp³-hybridized carbons (Fsp3) is 0.286. The number of carbonyl (C=O) groups is 2. The molecule has 0 aliphatic rings. The summed E-state index contributed by atoms with van der Waals surface area (Å²) in [6, 6.07) is 18.9. The zero-order valence-corrected chi connectivity index (χ0v) is 21.1. The molecule has 1 N–H and O–H groups in total. The molecule has 4 aromatic rings. The van der Waals surface area contributed by atoms with Crippen LogP contribution in [0, 0.1) is 11.7 Å². The van der Waals surface area contributed by atoms with Crippen LogP contribution in [-0.4, -0.2) is 40.5 Å². The van der Waals surface area contributed by atoms with Crippen molar-refractivity contribution in [2.24, 2.45) is 5.92 Å². The quantitative estimate of drug-likeness (QED) is 0.344.